The second-order valence-corrected chi connectivity index (χ2v) is 0. The average Bonchev–Trinajstić information content (AvgIpc) is 0. The maximum absolute atomic E-state index is 0. The van der Waals surface area contributed by atoms with E-state index in [2.05, 4.69) is 0 Å². The van der Waals surface area contributed by atoms with Gasteiger partial charge in [0.15, 0.2) is 0 Å². The summed E-state index contributed by atoms with van der Waals surface area (Å²) >= 11 is 0. The van der Waals surface area contributed by atoms with Crippen molar-refractivity contribution in [2.45, 2.75) is 0 Å². The summed E-state index contributed by atoms with van der Waals surface area (Å²) in [5.41, 5.74) is 0. The molecule has 0 heterocycles. The molecule has 0 aromatic rings. The number of hydrogen-bond acceptors (Lipinski definition) is 0. The average molecular weight is 128 g/mol. The molecule has 0 aliphatic rings. The van der Waals surface area contributed by atoms with Gasteiger partial charge in [-0.15, -0.1) is 0 Å². The Morgan fingerprint density at radius 1 is 0.750 bits per heavy atom. The van der Waals surface area contributed by atoms with Gasteiger partial charge in [0.2, 0.25) is 0 Å². The summed E-state index contributed by atoms with van der Waals surface area (Å²) in [7, 11) is 0. The van der Waals surface area contributed by atoms with E-state index in [9.17, 15) is 0 Å². The molecule has 4 heteroatoms. The normalized spacial score (nSPS) is 0. The van der Waals surface area contributed by atoms with Gasteiger partial charge >= 0.3 is 135 Å². The fourth-order valence-corrected chi connectivity index (χ4v) is 0. The summed E-state index contributed by atoms with van der Waals surface area (Å²) in [5, 5.41) is 0. The molecule has 0 spiro atoms. The van der Waals surface area contributed by atoms with Crippen LogP contribution in [0.15, 0.2) is 0 Å². The number of rotatable bonds is 0. The Bertz CT molecular complexity index is 6.00. The SMILES string of the molecule is [Ca+2].[K+].[Mg+2].[Mg+2]. The Morgan fingerprint density at radius 2 is 0.750 bits per heavy atom. The fraction of sp³-hybridized carbons (Fsp3) is 0. The van der Waals surface area contributed by atoms with E-state index >= 15 is 0 Å². The molecule has 0 rings (SSSR count). The van der Waals surface area contributed by atoms with Crippen LogP contribution in [0.25, 0.3) is 0 Å². The van der Waals surface area contributed by atoms with Crippen molar-refractivity contribution in [3.8, 4) is 0 Å². The van der Waals surface area contributed by atoms with Gasteiger partial charge in [-0.1, -0.05) is 0 Å². The van der Waals surface area contributed by atoms with Gasteiger partial charge in [0.25, 0.3) is 0 Å². The monoisotopic (exact) mass is 127 g/mol. The Morgan fingerprint density at radius 3 is 0.750 bits per heavy atom. The zero-order chi connectivity index (χ0) is 0. The third-order valence-corrected chi connectivity index (χ3v) is 0. The smallest absolute Gasteiger partial charge is 1.00 e. The molecule has 0 bridgehead atoms. The van der Waals surface area contributed by atoms with E-state index in [4.69, 9.17) is 0 Å². The molecule has 0 amide bonds. The Hall–Kier alpha value is 4.43. The minimum absolute atomic E-state index is 0. The Balaban J connectivity index is 0. The predicted molar refractivity (Wildman–Crippen MR) is 17.3 cm³/mol. The van der Waals surface area contributed by atoms with Gasteiger partial charge in [0.05, 0.1) is 0 Å². The van der Waals surface area contributed by atoms with Crippen LogP contribution in [0.4, 0.5) is 0 Å². The molecule has 0 nitrogen and oxygen atoms in total. The first-order valence-corrected chi connectivity index (χ1v) is 0. The van der Waals surface area contributed by atoms with Crippen LogP contribution < -0.4 is 51.4 Å². The van der Waals surface area contributed by atoms with Crippen LogP contribution in [-0.2, 0) is 0 Å². The van der Waals surface area contributed by atoms with Crippen molar-refractivity contribution in [3.63, 3.8) is 0 Å². The minimum Gasteiger partial charge on any atom is 1.00 e. The van der Waals surface area contributed by atoms with Gasteiger partial charge in [-0.25, -0.2) is 0 Å². The van der Waals surface area contributed by atoms with Crippen molar-refractivity contribution in [1.82, 2.24) is 0 Å². The third-order valence-electron chi connectivity index (χ3n) is 0. The first kappa shape index (κ1) is 23.7. The van der Waals surface area contributed by atoms with Gasteiger partial charge in [0, 0.05) is 0 Å². The molecule has 0 aromatic heterocycles. The zero-order valence-electron chi connectivity index (χ0n) is 3.12. The first-order valence-electron chi connectivity index (χ1n) is 0. The maximum Gasteiger partial charge on any atom is 2.00 e. The van der Waals surface area contributed by atoms with Crippen molar-refractivity contribution in [1.29, 1.82) is 0 Å². The van der Waals surface area contributed by atoms with Crippen LogP contribution in [0.5, 0.6) is 0 Å². The molecule has 0 unspecified atom stereocenters. The summed E-state index contributed by atoms with van der Waals surface area (Å²) in [6.07, 6.45) is 0. The first-order chi connectivity index (χ1) is 0. The van der Waals surface area contributed by atoms with E-state index in [1.165, 1.54) is 0 Å². The third kappa shape index (κ3) is 9.66. The molecule has 0 radical (unpaired) electrons. The predicted octanol–water partition coefficient (Wildman–Crippen LogP) is -4.14. The molecule has 0 valence electrons. The van der Waals surface area contributed by atoms with Gasteiger partial charge in [-0.2, -0.15) is 0 Å². The van der Waals surface area contributed by atoms with Crippen molar-refractivity contribution in [3.05, 3.63) is 0 Å². The number of hydrogen-bond donors (Lipinski definition) is 0. The summed E-state index contributed by atoms with van der Waals surface area (Å²) in [5.74, 6) is 0. The van der Waals surface area contributed by atoms with Crippen LogP contribution in [0.1, 0.15) is 0 Å². The molecule has 0 saturated heterocycles. The van der Waals surface area contributed by atoms with Gasteiger partial charge < -0.3 is 0 Å². The summed E-state index contributed by atoms with van der Waals surface area (Å²) in [6, 6.07) is 0. The van der Waals surface area contributed by atoms with Crippen molar-refractivity contribution >= 4 is 83.8 Å². The van der Waals surface area contributed by atoms with Gasteiger partial charge in [-0.3, -0.25) is 0 Å². The molecule has 0 N–H and O–H groups in total. The Labute approximate surface area is 131 Å². The molecule has 0 aromatic carbocycles. The van der Waals surface area contributed by atoms with Crippen molar-refractivity contribution in [2.24, 2.45) is 0 Å². The molecule has 4 heavy (non-hydrogen) atoms. The fourth-order valence-electron chi connectivity index (χ4n) is 0. The van der Waals surface area contributed by atoms with Crippen molar-refractivity contribution < 1.29 is 51.4 Å². The molecular weight excluding hydrogens is 128 g/mol. The van der Waals surface area contributed by atoms with Gasteiger partial charge in [-0.05, 0) is 0 Å². The largest absolute Gasteiger partial charge is 2.00 e. The summed E-state index contributed by atoms with van der Waals surface area (Å²) < 4.78 is 0. The molecule has 0 saturated carbocycles. The van der Waals surface area contributed by atoms with Crippen LogP contribution in [0, 0.1) is 0 Å². The zero-order valence-corrected chi connectivity index (χ0v) is 11.3. The molecule has 0 aliphatic carbocycles. The van der Waals surface area contributed by atoms with E-state index in [-0.39, 0.29) is 135 Å². The van der Waals surface area contributed by atoms with Crippen LogP contribution in [0.2, 0.25) is 0 Å². The van der Waals surface area contributed by atoms with Crippen molar-refractivity contribution in [2.75, 3.05) is 0 Å². The minimum atomic E-state index is 0. The van der Waals surface area contributed by atoms with E-state index in [1.807, 2.05) is 0 Å². The van der Waals surface area contributed by atoms with E-state index in [0.717, 1.165) is 0 Å². The van der Waals surface area contributed by atoms with E-state index in [1.54, 1.807) is 0 Å². The standard InChI is InChI=1S/Ca.K.2Mg/q+2;+1;2*+2. The topological polar surface area (TPSA) is 0 Å². The quantitative estimate of drug-likeness (QED) is 0.290. The second-order valence-electron chi connectivity index (χ2n) is 0. The molecule has 0 atom stereocenters. The maximum atomic E-state index is 0. The van der Waals surface area contributed by atoms with E-state index < -0.39 is 0 Å². The summed E-state index contributed by atoms with van der Waals surface area (Å²) in [4.78, 5) is 0. The van der Waals surface area contributed by atoms with Crippen LogP contribution in [-0.4, -0.2) is 83.8 Å². The summed E-state index contributed by atoms with van der Waals surface area (Å²) in [6.45, 7) is 0. The Kier molecular flexibility index (Phi) is 92.8. The van der Waals surface area contributed by atoms with E-state index in [0.29, 0.717) is 0 Å². The molecular formula is CaKMg2+7. The van der Waals surface area contributed by atoms with Crippen LogP contribution >= 0.6 is 0 Å². The second kappa shape index (κ2) is 15.7. The molecule has 0 fully saturated rings. The van der Waals surface area contributed by atoms with Crippen LogP contribution in [0.3, 0.4) is 0 Å². The van der Waals surface area contributed by atoms with Gasteiger partial charge in [0.1, 0.15) is 0 Å². The molecule has 0 aliphatic heterocycles.